The highest BCUT2D eigenvalue weighted by molar-refractivity contribution is 5.94. The molecule has 0 unspecified atom stereocenters. The Balaban J connectivity index is 1.56. The molecule has 0 bridgehead atoms. The SMILES string of the molecule is CC(C)Cn1nc(C(=O)NC2CCCC2)c2c1CCN(Cc1cccc(O)c1)C2. The Morgan fingerprint density at radius 2 is 2.10 bits per heavy atom. The first-order valence-corrected chi connectivity index (χ1v) is 10.9. The second-order valence-corrected chi connectivity index (χ2v) is 8.94. The zero-order chi connectivity index (χ0) is 20.4. The van der Waals surface area contributed by atoms with E-state index in [2.05, 4.69) is 28.7 Å². The molecule has 2 N–H and O–H groups in total. The van der Waals surface area contributed by atoms with Crippen molar-refractivity contribution in [2.45, 2.75) is 71.6 Å². The van der Waals surface area contributed by atoms with Crippen molar-refractivity contribution < 1.29 is 9.90 Å². The Bertz CT molecular complexity index is 868. The first-order chi connectivity index (χ1) is 14.0. The lowest BCUT2D eigenvalue weighted by Crippen LogP contribution is -2.35. The first kappa shape index (κ1) is 20.0. The number of hydrogen-bond acceptors (Lipinski definition) is 4. The summed E-state index contributed by atoms with van der Waals surface area (Å²) in [6.45, 7) is 7.61. The minimum absolute atomic E-state index is 0.0186. The number of fused-ring (bicyclic) bond motifs is 1. The van der Waals surface area contributed by atoms with Crippen LogP contribution in [0.25, 0.3) is 0 Å². The fourth-order valence-corrected chi connectivity index (χ4v) is 4.60. The molecule has 0 atom stereocenters. The molecule has 0 saturated heterocycles. The average molecular weight is 397 g/mol. The molecule has 4 rings (SSSR count). The van der Waals surface area contributed by atoms with Crippen LogP contribution in [0.4, 0.5) is 0 Å². The predicted octanol–water partition coefficient (Wildman–Crippen LogP) is 3.48. The number of nitrogens with zero attached hydrogens (tertiary/aromatic N) is 3. The van der Waals surface area contributed by atoms with Crippen LogP contribution in [-0.4, -0.2) is 38.3 Å². The van der Waals surface area contributed by atoms with Crippen LogP contribution < -0.4 is 5.32 Å². The van der Waals surface area contributed by atoms with E-state index in [1.807, 2.05) is 18.2 Å². The van der Waals surface area contributed by atoms with Crippen molar-refractivity contribution in [1.82, 2.24) is 20.0 Å². The summed E-state index contributed by atoms with van der Waals surface area (Å²) in [5, 5.41) is 17.7. The van der Waals surface area contributed by atoms with Gasteiger partial charge in [-0.2, -0.15) is 5.10 Å². The topological polar surface area (TPSA) is 70.4 Å². The fourth-order valence-electron chi connectivity index (χ4n) is 4.60. The third-order valence-corrected chi connectivity index (χ3v) is 5.97. The first-order valence-electron chi connectivity index (χ1n) is 10.9. The Hall–Kier alpha value is -2.34. The Labute approximate surface area is 172 Å². The van der Waals surface area contributed by atoms with Crippen LogP contribution in [0.3, 0.4) is 0 Å². The molecule has 6 nitrogen and oxygen atoms in total. The zero-order valence-electron chi connectivity index (χ0n) is 17.5. The number of phenolic OH excluding ortho intramolecular Hbond substituents is 1. The number of hydrogen-bond donors (Lipinski definition) is 2. The molecule has 0 radical (unpaired) electrons. The van der Waals surface area contributed by atoms with Crippen LogP contribution in [0.2, 0.25) is 0 Å². The van der Waals surface area contributed by atoms with Crippen LogP contribution in [0.5, 0.6) is 5.75 Å². The van der Waals surface area contributed by atoms with Gasteiger partial charge in [-0.3, -0.25) is 14.4 Å². The highest BCUT2D eigenvalue weighted by Crippen LogP contribution is 2.26. The Kier molecular flexibility index (Phi) is 5.90. The van der Waals surface area contributed by atoms with E-state index in [-0.39, 0.29) is 5.91 Å². The van der Waals surface area contributed by atoms with Gasteiger partial charge in [-0.15, -0.1) is 0 Å². The quantitative estimate of drug-likeness (QED) is 0.784. The largest absolute Gasteiger partial charge is 0.508 e. The van der Waals surface area contributed by atoms with Crippen molar-refractivity contribution in [3.63, 3.8) is 0 Å². The second-order valence-electron chi connectivity index (χ2n) is 8.94. The van der Waals surface area contributed by atoms with Gasteiger partial charge in [0.2, 0.25) is 0 Å². The summed E-state index contributed by atoms with van der Waals surface area (Å²) in [5.74, 6) is 0.756. The number of carbonyl (C=O) groups excluding carboxylic acids is 1. The van der Waals surface area contributed by atoms with Crippen LogP contribution in [0.15, 0.2) is 24.3 Å². The van der Waals surface area contributed by atoms with Gasteiger partial charge in [0, 0.05) is 49.9 Å². The van der Waals surface area contributed by atoms with Gasteiger partial charge in [-0.25, -0.2) is 0 Å². The Morgan fingerprint density at radius 3 is 2.83 bits per heavy atom. The van der Waals surface area contributed by atoms with Crippen LogP contribution >= 0.6 is 0 Å². The summed E-state index contributed by atoms with van der Waals surface area (Å²) in [6.07, 6.45) is 5.43. The summed E-state index contributed by atoms with van der Waals surface area (Å²) < 4.78 is 2.06. The predicted molar refractivity (Wildman–Crippen MR) is 113 cm³/mol. The van der Waals surface area contributed by atoms with Crippen molar-refractivity contribution in [3.8, 4) is 5.75 Å². The second kappa shape index (κ2) is 8.57. The van der Waals surface area contributed by atoms with E-state index in [1.54, 1.807) is 6.07 Å². The summed E-state index contributed by atoms with van der Waals surface area (Å²) in [6, 6.07) is 7.71. The summed E-state index contributed by atoms with van der Waals surface area (Å²) in [4.78, 5) is 15.4. The number of benzene rings is 1. The molecular formula is C23H32N4O2. The van der Waals surface area contributed by atoms with E-state index >= 15 is 0 Å². The number of amides is 1. The van der Waals surface area contributed by atoms with Gasteiger partial charge in [-0.05, 0) is 36.5 Å². The zero-order valence-corrected chi connectivity index (χ0v) is 17.5. The molecule has 1 aliphatic heterocycles. The van der Waals surface area contributed by atoms with Crippen LogP contribution in [0.1, 0.15) is 66.8 Å². The third-order valence-electron chi connectivity index (χ3n) is 5.97. The van der Waals surface area contributed by atoms with Crippen molar-refractivity contribution in [2.24, 2.45) is 5.92 Å². The molecule has 1 amide bonds. The lowest BCUT2D eigenvalue weighted by molar-refractivity contribution is 0.0929. The minimum atomic E-state index is -0.0186. The van der Waals surface area contributed by atoms with Crippen LogP contribution in [-0.2, 0) is 26.1 Å². The maximum Gasteiger partial charge on any atom is 0.272 e. The maximum absolute atomic E-state index is 13.0. The van der Waals surface area contributed by atoms with Crippen molar-refractivity contribution in [2.75, 3.05) is 6.54 Å². The highest BCUT2D eigenvalue weighted by Gasteiger charge is 2.29. The van der Waals surface area contributed by atoms with Crippen molar-refractivity contribution >= 4 is 5.91 Å². The number of aromatic hydroxyl groups is 1. The molecule has 1 aromatic heterocycles. The monoisotopic (exact) mass is 396 g/mol. The third kappa shape index (κ3) is 4.64. The lowest BCUT2D eigenvalue weighted by Gasteiger charge is -2.28. The van der Waals surface area contributed by atoms with Gasteiger partial charge in [-0.1, -0.05) is 38.8 Å². The molecule has 1 aliphatic carbocycles. The maximum atomic E-state index is 13.0. The summed E-state index contributed by atoms with van der Waals surface area (Å²) >= 11 is 0. The van der Waals surface area contributed by atoms with Crippen molar-refractivity contribution in [3.05, 3.63) is 46.8 Å². The number of nitrogens with one attached hydrogen (secondary N) is 1. The smallest absolute Gasteiger partial charge is 0.272 e. The van der Waals surface area contributed by atoms with Gasteiger partial charge in [0.05, 0.1) is 0 Å². The fraction of sp³-hybridized carbons (Fsp3) is 0.565. The molecule has 2 aliphatic rings. The van der Waals surface area contributed by atoms with Gasteiger partial charge in [0.15, 0.2) is 5.69 Å². The number of aromatic nitrogens is 2. The van der Waals surface area contributed by atoms with Gasteiger partial charge in [0.1, 0.15) is 5.75 Å². The molecule has 156 valence electrons. The van der Waals surface area contributed by atoms with Gasteiger partial charge in [0.25, 0.3) is 5.91 Å². The normalized spacial score (nSPS) is 17.6. The van der Waals surface area contributed by atoms with E-state index < -0.39 is 0 Å². The van der Waals surface area contributed by atoms with Crippen LogP contribution in [0, 0.1) is 5.92 Å². The molecule has 1 saturated carbocycles. The average Bonchev–Trinajstić information content (AvgIpc) is 3.29. The van der Waals surface area contributed by atoms with E-state index in [9.17, 15) is 9.90 Å². The highest BCUT2D eigenvalue weighted by atomic mass is 16.3. The van der Waals surface area contributed by atoms with Crippen molar-refractivity contribution in [1.29, 1.82) is 0 Å². The Morgan fingerprint density at radius 1 is 1.31 bits per heavy atom. The number of phenols is 1. The molecule has 2 aromatic rings. The van der Waals surface area contributed by atoms with E-state index in [0.29, 0.717) is 23.4 Å². The van der Waals surface area contributed by atoms with E-state index in [4.69, 9.17) is 5.10 Å². The van der Waals surface area contributed by atoms with Gasteiger partial charge >= 0.3 is 0 Å². The van der Waals surface area contributed by atoms with E-state index in [0.717, 1.165) is 56.6 Å². The standard InChI is InChI=1S/C23H32N4O2/c1-16(2)13-27-21-10-11-26(14-17-6-5-9-19(28)12-17)15-20(21)22(25-27)23(29)24-18-7-3-4-8-18/h5-6,9,12,16,18,28H,3-4,7-8,10-11,13-15H2,1-2H3,(H,24,29). The van der Waals surface area contributed by atoms with Gasteiger partial charge < -0.3 is 10.4 Å². The molecule has 1 aromatic carbocycles. The molecular weight excluding hydrogens is 364 g/mol. The summed E-state index contributed by atoms with van der Waals surface area (Å²) in [5.41, 5.74) is 3.98. The minimum Gasteiger partial charge on any atom is -0.508 e. The molecule has 1 fully saturated rings. The number of carbonyl (C=O) groups is 1. The lowest BCUT2D eigenvalue weighted by atomic mass is 10.0. The van der Waals surface area contributed by atoms with E-state index in [1.165, 1.54) is 18.5 Å². The number of rotatable bonds is 6. The molecule has 0 spiro atoms. The molecule has 6 heteroatoms. The molecule has 2 heterocycles. The summed E-state index contributed by atoms with van der Waals surface area (Å²) in [7, 11) is 0. The molecule has 29 heavy (non-hydrogen) atoms.